The number of aliphatic hydroxyl groups is 1. The van der Waals surface area contributed by atoms with Crippen molar-refractivity contribution in [2.24, 2.45) is 5.73 Å². The average Bonchev–Trinajstić information content (AvgIpc) is 2.53. The topological polar surface area (TPSA) is 49.5 Å². The van der Waals surface area contributed by atoms with E-state index in [2.05, 4.69) is 48.2 Å². The molecule has 0 spiro atoms. The first-order valence-corrected chi connectivity index (χ1v) is 7.44. The Labute approximate surface area is 127 Å². The van der Waals surface area contributed by atoms with E-state index in [0.717, 1.165) is 25.1 Å². The number of rotatable bonds is 7. The lowest BCUT2D eigenvalue weighted by Crippen LogP contribution is -2.26. The van der Waals surface area contributed by atoms with Crippen LogP contribution in [-0.2, 0) is 13.2 Å². The molecule has 0 atom stereocenters. The van der Waals surface area contributed by atoms with Crippen LogP contribution in [-0.4, -0.2) is 18.2 Å². The summed E-state index contributed by atoms with van der Waals surface area (Å²) in [5.41, 5.74) is 10.4. The van der Waals surface area contributed by atoms with E-state index < -0.39 is 0 Å². The third-order valence-corrected chi connectivity index (χ3v) is 3.67. The molecule has 0 aliphatic rings. The maximum Gasteiger partial charge on any atom is 0.0681 e. The van der Waals surface area contributed by atoms with E-state index in [4.69, 9.17) is 10.8 Å². The van der Waals surface area contributed by atoms with E-state index in [9.17, 15) is 0 Å². The largest absolute Gasteiger partial charge is 0.392 e. The summed E-state index contributed by atoms with van der Waals surface area (Å²) in [6, 6.07) is 16.6. The first-order chi connectivity index (χ1) is 10.2. The van der Waals surface area contributed by atoms with Crippen LogP contribution in [0.3, 0.4) is 0 Å². The van der Waals surface area contributed by atoms with E-state index in [1.807, 2.05) is 12.1 Å². The summed E-state index contributed by atoms with van der Waals surface area (Å²) < 4.78 is 0. The standard InChI is InChI=1S/C18H24N2O/c1-15-5-2-3-6-18(15)20(12-4-11-19)13-16-7-9-17(14-21)10-8-16/h2-3,5-10,21H,4,11-14,19H2,1H3. The molecule has 3 heteroatoms. The second kappa shape index (κ2) is 7.81. The maximum absolute atomic E-state index is 9.12. The van der Waals surface area contributed by atoms with Crippen molar-refractivity contribution in [1.82, 2.24) is 0 Å². The molecule has 2 aromatic carbocycles. The van der Waals surface area contributed by atoms with Crippen LogP contribution in [0.1, 0.15) is 23.1 Å². The molecule has 0 aliphatic carbocycles. The molecule has 0 heterocycles. The zero-order valence-electron chi connectivity index (χ0n) is 12.6. The van der Waals surface area contributed by atoms with E-state index in [1.165, 1.54) is 16.8 Å². The van der Waals surface area contributed by atoms with Crippen molar-refractivity contribution in [3.05, 3.63) is 65.2 Å². The van der Waals surface area contributed by atoms with Gasteiger partial charge in [-0.15, -0.1) is 0 Å². The van der Waals surface area contributed by atoms with Gasteiger partial charge in [-0.25, -0.2) is 0 Å². The highest BCUT2D eigenvalue weighted by Crippen LogP contribution is 2.22. The predicted octanol–water partition coefficient (Wildman–Crippen LogP) is 2.84. The SMILES string of the molecule is Cc1ccccc1N(CCCN)Cc1ccc(CO)cc1. The van der Waals surface area contributed by atoms with Crippen LogP contribution in [0, 0.1) is 6.92 Å². The maximum atomic E-state index is 9.12. The van der Waals surface area contributed by atoms with Crippen LogP contribution < -0.4 is 10.6 Å². The number of nitrogens with two attached hydrogens (primary N) is 1. The highest BCUT2D eigenvalue weighted by atomic mass is 16.3. The molecule has 0 bridgehead atoms. The molecule has 2 rings (SSSR count). The summed E-state index contributed by atoms with van der Waals surface area (Å²) in [7, 11) is 0. The van der Waals surface area contributed by atoms with Crippen LogP contribution >= 0.6 is 0 Å². The van der Waals surface area contributed by atoms with Crippen LogP contribution in [0.5, 0.6) is 0 Å². The quantitative estimate of drug-likeness (QED) is 0.822. The molecule has 21 heavy (non-hydrogen) atoms. The Balaban J connectivity index is 2.17. The molecule has 0 saturated carbocycles. The zero-order chi connectivity index (χ0) is 15.1. The lowest BCUT2D eigenvalue weighted by molar-refractivity contribution is 0.282. The van der Waals surface area contributed by atoms with Gasteiger partial charge in [-0.3, -0.25) is 0 Å². The van der Waals surface area contributed by atoms with Crippen LogP contribution in [0.25, 0.3) is 0 Å². The van der Waals surface area contributed by atoms with E-state index in [-0.39, 0.29) is 6.61 Å². The molecule has 3 N–H and O–H groups in total. The van der Waals surface area contributed by atoms with Crippen molar-refractivity contribution in [2.75, 3.05) is 18.0 Å². The normalized spacial score (nSPS) is 10.6. The van der Waals surface area contributed by atoms with Gasteiger partial charge >= 0.3 is 0 Å². The first kappa shape index (κ1) is 15.5. The Bertz CT molecular complexity index is 551. The van der Waals surface area contributed by atoms with Crippen LogP contribution in [0.4, 0.5) is 5.69 Å². The van der Waals surface area contributed by atoms with Crippen LogP contribution in [0.15, 0.2) is 48.5 Å². The van der Waals surface area contributed by atoms with E-state index in [1.54, 1.807) is 0 Å². The molecule has 0 fully saturated rings. The number of anilines is 1. The number of benzene rings is 2. The fraction of sp³-hybridized carbons (Fsp3) is 0.333. The number of hydrogen-bond donors (Lipinski definition) is 2. The van der Waals surface area contributed by atoms with Crippen LogP contribution in [0.2, 0.25) is 0 Å². The predicted molar refractivity (Wildman–Crippen MR) is 88.3 cm³/mol. The van der Waals surface area contributed by atoms with Gasteiger partial charge in [-0.2, -0.15) is 0 Å². The van der Waals surface area contributed by atoms with E-state index >= 15 is 0 Å². The molecule has 0 radical (unpaired) electrons. The van der Waals surface area contributed by atoms with E-state index in [0.29, 0.717) is 6.54 Å². The average molecular weight is 284 g/mol. The summed E-state index contributed by atoms with van der Waals surface area (Å²) in [6.07, 6.45) is 0.975. The molecule has 0 aliphatic heterocycles. The molecule has 0 unspecified atom stereocenters. The smallest absolute Gasteiger partial charge is 0.0681 e. The van der Waals surface area contributed by atoms with Gasteiger partial charge in [0, 0.05) is 18.8 Å². The van der Waals surface area contributed by atoms with Crippen molar-refractivity contribution >= 4 is 5.69 Å². The van der Waals surface area contributed by atoms with Crippen molar-refractivity contribution in [3.63, 3.8) is 0 Å². The Morgan fingerprint density at radius 1 is 1.00 bits per heavy atom. The fourth-order valence-corrected chi connectivity index (χ4v) is 2.46. The molecule has 112 valence electrons. The number of aryl methyl sites for hydroxylation is 1. The van der Waals surface area contributed by atoms with Crippen molar-refractivity contribution in [1.29, 1.82) is 0 Å². The summed E-state index contributed by atoms with van der Waals surface area (Å²) in [5, 5.41) is 9.12. The summed E-state index contributed by atoms with van der Waals surface area (Å²) in [6.45, 7) is 4.74. The highest BCUT2D eigenvalue weighted by molar-refractivity contribution is 5.53. The molecule has 0 aromatic heterocycles. The first-order valence-electron chi connectivity index (χ1n) is 7.44. The lowest BCUT2D eigenvalue weighted by atomic mass is 10.1. The van der Waals surface area contributed by atoms with Crippen molar-refractivity contribution in [3.8, 4) is 0 Å². The van der Waals surface area contributed by atoms with Crippen molar-refractivity contribution < 1.29 is 5.11 Å². The second-order valence-electron chi connectivity index (χ2n) is 5.32. The number of hydrogen-bond acceptors (Lipinski definition) is 3. The van der Waals surface area contributed by atoms with Gasteiger partial charge in [0.05, 0.1) is 6.61 Å². The minimum absolute atomic E-state index is 0.0922. The Morgan fingerprint density at radius 2 is 1.67 bits per heavy atom. The van der Waals surface area contributed by atoms with Gasteiger partial charge < -0.3 is 15.7 Å². The van der Waals surface area contributed by atoms with Gasteiger partial charge in [0.2, 0.25) is 0 Å². The molecule has 0 saturated heterocycles. The van der Waals surface area contributed by atoms with Gasteiger partial charge in [0.1, 0.15) is 0 Å². The molecule has 0 amide bonds. The van der Waals surface area contributed by atoms with Gasteiger partial charge in [0.15, 0.2) is 0 Å². The lowest BCUT2D eigenvalue weighted by Gasteiger charge is -2.26. The van der Waals surface area contributed by atoms with Gasteiger partial charge in [-0.05, 0) is 42.6 Å². The number of aliphatic hydroxyl groups excluding tert-OH is 1. The van der Waals surface area contributed by atoms with Gasteiger partial charge in [-0.1, -0.05) is 42.5 Å². The fourth-order valence-electron chi connectivity index (χ4n) is 2.46. The molecular formula is C18H24N2O. The monoisotopic (exact) mass is 284 g/mol. The second-order valence-corrected chi connectivity index (χ2v) is 5.32. The minimum atomic E-state index is 0.0922. The van der Waals surface area contributed by atoms with Crippen molar-refractivity contribution in [2.45, 2.75) is 26.5 Å². The number of nitrogens with zero attached hydrogens (tertiary/aromatic N) is 1. The zero-order valence-corrected chi connectivity index (χ0v) is 12.6. The summed E-state index contributed by atoms with van der Waals surface area (Å²) in [4.78, 5) is 2.37. The Hall–Kier alpha value is -1.84. The van der Waals surface area contributed by atoms with Gasteiger partial charge in [0.25, 0.3) is 0 Å². The summed E-state index contributed by atoms with van der Waals surface area (Å²) >= 11 is 0. The molecule has 3 nitrogen and oxygen atoms in total. The Kier molecular flexibility index (Phi) is 5.78. The summed E-state index contributed by atoms with van der Waals surface area (Å²) in [5.74, 6) is 0. The Morgan fingerprint density at radius 3 is 2.29 bits per heavy atom. The third-order valence-electron chi connectivity index (χ3n) is 3.67. The number of para-hydroxylation sites is 1. The minimum Gasteiger partial charge on any atom is -0.392 e. The highest BCUT2D eigenvalue weighted by Gasteiger charge is 2.09. The third kappa shape index (κ3) is 4.31. The molecular weight excluding hydrogens is 260 g/mol. The molecule has 2 aromatic rings.